The number of hydrogen-bond acceptors (Lipinski definition) is 7. The number of ketones is 1. The number of fused-ring (bicyclic) bond motifs is 6. The first kappa shape index (κ1) is 21.2. The molecule has 1 amide bonds. The number of amides is 1. The van der Waals surface area contributed by atoms with Crippen molar-refractivity contribution in [3.05, 3.63) is 64.1 Å². The molecule has 0 saturated heterocycles. The number of Topliss-reactive ketones (excluding diaryl/α,β-unsaturated/α-hetero) is 1. The number of nitrogens with two attached hydrogens (primary N) is 1. The van der Waals surface area contributed by atoms with Gasteiger partial charge in [0.1, 0.15) is 22.8 Å². The van der Waals surface area contributed by atoms with Gasteiger partial charge in [0, 0.05) is 17.4 Å². The first-order chi connectivity index (χ1) is 16.1. The van der Waals surface area contributed by atoms with Gasteiger partial charge in [-0.2, -0.15) is 0 Å². The number of phenolic OH excluding ortho intramolecular Hbond substituents is 1. The molecule has 0 radical (unpaired) electrons. The monoisotopic (exact) mass is 462 g/mol. The minimum atomic E-state index is -2.38. The maximum atomic E-state index is 13.4. The Balaban J connectivity index is 1.65. The summed E-state index contributed by atoms with van der Waals surface area (Å²) in [6, 6.07) is 8.49. The van der Waals surface area contributed by atoms with E-state index in [4.69, 9.17) is 5.73 Å². The summed E-state index contributed by atoms with van der Waals surface area (Å²) < 4.78 is 0. The molecule has 8 nitrogen and oxygen atoms in total. The van der Waals surface area contributed by atoms with Crippen LogP contribution >= 0.6 is 0 Å². The molecule has 34 heavy (non-hydrogen) atoms. The third-order valence-electron chi connectivity index (χ3n) is 8.36. The van der Waals surface area contributed by atoms with Crippen molar-refractivity contribution in [1.82, 2.24) is 4.90 Å². The van der Waals surface area contributed by atoms with Gasteiger partial charge in [0.25, 0.3) is 5.91 Å². The smallest absolute Gasteiger partial charge is 0.255 e. The van der Waals surface area contributed by atoms with Crippen molar-refractivity contribution in [2.24, 2.45) is 17.6 Å². The average Bonchev–Trinajstić information content (AvgIpc) is 3.55. The Morgan fingerprint density at radius 2 is 1.82 bits per heavy atom. The fourth-order valence-electron chi connectivity index (χ4n) is 6.91. The van der Waals surface area contributed by atoms with Gasteiger partial charge < -0.3 is 26.2 Å². The van der Waals surface area contributed by atoms with Gasteiger partial charge in [0.2, 0.25) is 5.78 Å². The lowest BCUT2D eigenvalue weighted by atomic mass is 9.60. The number of benzene rings is 2. The van der Waals surface area contributed by atoms with Crippen LogP contribution in [0, 0.1) is 11.8 Å². The highest BCUT2D eigenvalue weighted by Gasteiger charge is 2.64. The summed E-state index contributed by atoms with van der Waals surface area (Å²) in [4.78, 5) is 27.2. The summed E-state index contributed by atoms with van der Waals surface area (Å²) in [5, 5.41) is 47.0. The summed E-state index contributed by atoms with van der Waals surface area (Å²) in [7, 11) is 3.34. The highest BCUT2D eigenvalue weighted by Crippen LogP contribution is 2.66. The van der Waals surface area contributed by atoms with Crippen LogP contribution < -0.4 is 5.73 Å². The van der Waals surface area contributed by atoms with Gasteiger partial charge in [-0.05, 0) is 66.7 Å². The molecule has 0 spiro atoms. The van der Waals surface area contributed by atoms with Crippen molar-refractivity contribution in [2.45, 2.75) is 36.3 Å². The molecular weight excluding hydrogens is 436 g/mol. The van der Waals surface area contributed by atoms with Crippen LogP contribution in [-0.2, 0) is 9.59 Å². The van der Waals surface area contributed by atoms with Gasteiger partial charge in [-0.1, -0.05) is 24.3 Å². The number of carbonyl (C=O) groups is 2. The molecular formula is C26H26N2O6. The zero-order chi connectivity index (χ0) is 24.3. The summed E-state index contributed by atoms with van der Waals surface area (Å²) in [6.45, 7) is 0. The Kier molecular flexibility index (Phi) is 4.12. The summed E-state index contributed by atoms with van der Waals surface area (Å²) in [5.74, 6) is -4.40. The maximum Gasteiger partial charge on any atom is 0.255 e. The lowest BCUT2D eigenvalue weighted by Gasteiger charge is -2.49. The van der Waals surface area contributed by atoms with Crippen LogP contribution in [0.4, 0.5) is 0 Å². The van der Waals surface area contributed by atoms with Crippen molar-refractivity contribution >= 4 is 22.5 Å². The van der Waals surface area contributed by atoms with Crippen LogP contribution in [0.3, 0.4) is 0 Å². The number of allylic oxidation sites excluding steroid dienone is 1. The third kappa shape index (κ3) is 2.39. The number of aromatic hydroxyl groups is 1. The Bertz CT molecular complexity index is 1370. The summed E-state index contributed by atoms with van der Waals surface area (Å²) >= 11 is 0. The number of nitrogens with zero attached hydrogens (tertiary/aromatic N) is 1. The highest BCUT2D eigenvalue weighted by atomic mass is 16.3. The predicted octanol–water partition coefficient (Wildman–Crippen LogP) is 2.12. The van der Waals surface area contributed by atoms with Gasteiger partial charge in [-0.3, -0.25) is 14.5 Å². The molecule has 6 N–H and O–H groups in total. The van der Waals surface area contributed by atoms with Crippen molar-refractivity contribution in [3.8, 4) is 5.75 Å². The minimum Gasteiger partial charge on any atom is -0.510 e. The van der Waals surface area contributed by atoms with Gasteiger partial charge >= 0.3 is 0 Å². The molecule has 1 saturated carbocycles. The SMILES string of the molecule is CN(C)[C@@H]1C(O)=C(C(N)=O)C(=O)[C@@]2(O)C(O)=C3C(CC12)c1cccc2ccc(O)c(c12)C1CC31. The molecule has 2 aromatic rings. The fourth-order valence-corrected chi connectivity index (χ4v) is 6.91. The van der Waals surface area contributed by atoms with E-state index in [1.54, 1.807) is 25.1 Å². The highest BCUT2D eigenvalue weighted by molar-refractivity contribution is 6.24. The number of aliphatic hydroxyl groups is 3. The second-order valence-electron chi connectivity index (χ2n) is 10.2. The van der Waals surface area contributed by atoms with Gasteiger partial charge in [-0.15, -0.1) is 0 Å². The van der Waals surface area contributed by atoms with Crippen LogP contribution in [0.5, 0.6) is 5.75 Å². The van der Waals surface area contributed by atoms with Crippen molar-refractivity contribution in [1.29, 1.82) is 0 Å². The zero-order valence-corrected chi connectivity index (χ0v) is 18.8. The number of likely N-dealkylation sites (N-methyl/N-ethyl adjacent to an activating group) is 1. The second-order valence-corrected chi connectivity index (χ2v) is 10.2. The molecule has 0 aromatic heterocycles. The molecule has 2 aromatic carbocycles. The molecule has 1 fully saturated rings. The lowest BCUT2D eigenvalue weighted by Crippen LogP contribution is -2.63. The molecule has 4 aliphatic rings. The van der Waals surface area contributed by atoms with Gasteiger partial charge in [-0.25, -0.2) is 0 Å². The topological polar surface area (TPSA) is 144 Å². The van der Waals surface area contributed by atoms with Gasteiger partial charge in [0.15, 0.2) is 5.60 Å². The Labute approximate surface area is 195 Å². The van der Waals surface area contributed by atoms with Crippen LogP contribution in [0.2, 0.25) is 0 Å². The maximum absolute atomic E-state index is 13.4. The number of hydrogen-bond donors (Lipinski definition) is 5. The first-order valence-corrected chi connectivity index (χ1v) is 11.4. The molecule has 6 atom stereocenters. The minimum absolute atomic E-state index is 0.0463. The van der Waals surface area contributed by atoms with Crippen molar-refractivity contribution < 1.29 is 30.0 Å². The molecule has 0 heterocycles. The standard InChI is InChI=1S/C26H26N2O6/c1-28(2)21-15-9-14-11-5-3-4-10-6-7-16(29)19(17(10)11)13-8-12(13)18(14)23(31)26(15,34)24(32)20(22(21)30)25(27)33/h3-7,12-15,21,29-31,34H,8-9H2,1-2H3,(H2,27,33)/t12?,13?,14?,15?,21-,26-/m0/s1. The van der Waals surface area contributed by atoms with E-state index in [2.05, 4.69) is 0 Å². The van der Waals surface area contributed by atoms with E-state index in [0.717, 1.165) is 21.9 Å². The van der Waals surface area contributed by atoms with Gasteiger partial charge in [0.05, 0.1) is 6.04 Å². The lowest BCUT2D eigenvalue weighted by molar-refractivity contribution is -0.148. The van der Waals surface area contributed by atoms with E-state index in [9.17, 15) is 30.0 Å². The first-order valence-electron chi connectivity index (χ1n) is 11.4. The molecule has 4 unspecified atom stereocenters. The van der Waals surface area contributed by atoms with Crippen molar-refractivity contribution in [3.63, 3.8) is 0 Å². The molecule has 4 aliphatic carbocycles. The van der Waals surface area contributed by atoms with Crippen LogP contribution in [0.1, 0.15) is 35.8 Å². The predicted molar refractivity (Wildman–Crippen MR) is 123 cm³/mol. The molecule has 8 heteroatoms. The van der Waals surface area contributed by atoms with Crippen LogP contribution in [0.25, 0.3) is 10.8 Å². The second kappa shape index (κ2) is 6.61. The van der Waals surface area contributed by atoms with E-state index >= 15 is 0 Å². The van der Waals surface area contributed by atoms with E-state index in [1.807, 2.05) is 24.3 Å². The Hall–Kier alpha value is -3.36. The number of aliphatic hydroxyl groups excluding tert-OH is 2. The molecule has 0 bridgehead atoms. The number of carbonyl (C=O) groups excluding carboxylic acids is 2. The van der Waals surface area contributed by atoms with Crippen LogP contribution in [-0.4, -0.2) is 62.8 Å². The number of rotatable bonds is 2. The fraction of sp³-hybridized carbons (Fsp3) is 0.385. The summed E-state index contributed by atoms with van der Waals surface area (Å²) in [5.41, 5.74) is 4.68. The normalized spacial score (nSPS) is 34.0. The Morgan fingerprint density at radius 1 is 1.09 bits per heavy atom. The van der Waals surface area contributed by atoms with E-state index in [1.165, 1.54) is 0 Å². The Morgan fingerprint density at radius 3 is 2.50 bits per heavy atom. The molecule has 0 aliphatic heterocycles. The third-order valence-corrected chi connectivity index (χ3v) is 8.36. The quantitative estimate of drug-likeness (QED) is 0.430. The number of primary amides is 1. The zero-order valence-electron chi connectivity index (χ0n) is 18.8. The van der Waals surface area contributed by atoms with E-state index in [0.29, 0.717) is 12.0 Å². The molecule has 176 valence electrons. The van der Waals surface area contributed by atoms with Crippen LogP contribution in [0.15, 0.2) is 53.0 Å². The largest absolute Gasteiger partial charge is 0.510 e. The summed E-state index contributed by atoms with van der Waals surface area (Å²) in [6.07, 6.45) is 0.935. The van der Waals surface area contributed by atoms with E-state index < -0.39 is 46.3 Å². The van der Waals surface area contributed by atoms with Crippen molar-refractivity contribution in [2.75, 3.05) is 14.1 Å². The average molecular weight is 463 g/mol. The molecule has 6 rings (SSSR count). The number of phenols is 1. The van der Waals surface area contributed by atoms with E-state index in [-0.39, 0.29) is 29.9 Å².